The van der Waals surface area contributed by atoms with Gasteiger partial charge in [-0.25, -0.2) is 9.59 Å². The van der Waals surface area contributed by atoms with Gasteiger partial charge in [0.05, 0.1) is 22.9 Å². The van der Waals surface area contributed by atoms with Gasteiger partial charge in [-0.15, -0.1) is 0 Å². The lowest BCUT2D eigenvalue weighted by Gasteiger charge is -2.32. The quantitative estimate of drug-likeness (QED) is 0.671. The van der Waals surface area contributed by atoms with E-state index in [0.717, 1.165) is 29.2 Å². The maximum absolute atomic E-state index is 12.7. The number of amides is 3. The summed E-state index contributed by atoms with van der Waals surface area (Å²) in [5.41, 5.74) is 0.171. The number of hydrogen-bond acceptors (Lipinski definition) is 4. The van der Waals surface area contributed by atoms with E-state index < -0.39 is 42.2 Å². The van der Waals surface area contributed by atoms with Crippen molar-refractivity contribution in [2.45, 2.75) is 12.2 Å². The van der Waals surface area contributed by atoms with Crippen LogP contribution in [0.5, 0.6) is 0 Å². The smallest absolute Gasteiger partial charge is 0.416 e. The summed E-state index contributed by atoms with van der Waals surface area (Å²) >= 11 is 6.22. The number of halogens is 4. The van der Waals surface area contributed by atoms with Crippen molar-refractivity contribution in [1.82, 2.24) is 10.2 Å². The van der Waals surface area contributed by atoms with Crippen molar-refractivity contribution in [3.8, 4) is 0 Å². The molecule has 2 aliphatic rings. The first-order valence-electron chi connectivity index (χ1n) is 9.35. The lowest BCUT2D eigenvalue weighted by molar-refractivity contribution is -0.138. The molecule has 3 amide bonds. The minimum absolute atomic E-state index is 0.127. The van der Waals surface area contributed by atoms with Gasteiger partial charge < -0.3 is 15.4 Å². The average molecular weight is 466 g/mol. The molecule has 11 heteroatoms. The normalized spacial score (nSPS) is 18.2. The van der Waals surface area contributed by atoms with E-state index in [1.807, 2.05) is 0 Å². The van der Waals surface area contributed by atoms with Crippen LogP contribution in [-0.2, 0) is 20.5 Å². The van der Waals surface area contributed by atoms with Gasteiger partial charge in [0, 0.05) is 10.7 Å². The van der Waals surface area contributed by atoms with Gasteiger partial charge in [-0.05, 0) is 35.9 Å². The largest absolute Gasteiger partial charge is 0.456 e. The SMILES string of the molecule is O=C(CN1C(=O)NC(c2ccccc2Cl)C2=C1COC2=O)Nc1ccc(C(F)(F)F)cc1. The molecule has 2 aliphatic heterocycles. The fourth-order valence-corrected chi connectivity index (χ4v) is 3.75. The van der Waals surface area contributed by atoms with Crippen LogP contribution in [0.3, 0.4) is 0 Å². The molecular formula is C21H15ClF3N3O4. The molecule has 0 aromatic heterocycles. The van der Waals surface area contributed by atoms with Crippen molar-refractivity contribution >= 4 is 35.2 Å². The zero-order chi connectivity index (χ0) is 23.0. The van der Waals surface area contributed by atoms with Crippen LogP contribution >= 0.6 is 11.6 Å². The van der Waals surface area contributed by atoms with Crippen molar-refractivity contribution in [3.05, 3.63) is 76.0 Å². The average Bonchev–Trinajstić information content (AvgIpc) is 3.12. The zero-order valence-electron chi connectivity index (χ0n) is 16.2. The fraction of sp³-hybridized carbons (Fsp3) is 0.190. The van der Waals surface area contributed by atoms with E-state index in [4.69, 9.17) is 16.3 Å². The van der Waals surface area contributed by atoms with Crippen LogP contribution < -0.4 is 10.6 Å². The molecule has 166 valence electrons. The summed E-state index contributed by atoms with van der Waals surface area (Å²) < 4.78 is 43.1. The molecule has 2 N–H and O–H groups in total. The van der Waals surface area contributed by atoms with Gasteiger partial charge >= 0.3 is 18.2 Å². The Hall–Kier alpha value is -3.53. The number of esters is 1. The molecule has 7 nitrogen and oxygen atoms in total. The monoisotopic (exact) mass is 465 g/mol. The Balaban J connectivity index is 1.55. The molecule has 32 heavy (non-hydrogen) atoms. The van der Waals surface area contributed by atoms with Crippen LogP contribution in [0.4, 0.5) is 23.7 Å². The van der Waals surface area contributed by atoms with Gasteiger partial charge in [0.1, 0.15) is 13.2 Å². The predicted octanol–water partition coefficient (Wildman–Crippen LogP) is 3.87. The molecule has 2 aromatic carbocycles. The summed E-state index contributed by atoms with van der Waals surface area (Å²) in [6.07, 6.45) is -4.50. The summed E-state index contributed by atoms with van der Waals surface area (Å²) in [6, 6.07) is 9.10. The van der Waals surface area contributed by atoms with Crippen LogP contribution in [0.2, 0.25) is 5.02 Å². The highest BCUT2D eigenvalue weighted by molar-refractivity contribution is 6.31. The van der Waals surface area contributed by atoms with E-state index in [1.54, 1.807) is 24.3 Å². The summed E-state index contributed by atoms with van der Waals surface area (Å²) in [5.74, 6) is -1.31. The van der Waals surface area contributed by atoms with E-state index in [2.05, 4.69) is 10.6 Å². The molecule has 2 aromatic rings. The Labute approximate surface area is 184 Å². The minimum Gasteiger partial charge on any atom is -0.456 e. The second-order valence-electron chi connectivity index (χ2n) is 7.05. The van der Waals surface area contributed by atoms with Gasteiger partial charge in [-0.2, -0.15) is 13.2 Å². The Morgan fingerprint density at radius 1 is 1.16 bits per heavy atom. The second kappa shape index (κ2) is 8.19. The van der Waals surface area contributed by atoms with Crippen molar-refractivity contribution in [2.24, 2.45) is 0 Å². The number of urea groups is 1. The fourth-order valence-electron chi connectivity index (χ4n) is 3.51. The molecule has 0 bridgehead atoms. The maximum Gasteiger partial charge on any atom is 0.416 e. The number of nitrogens with zero attached hydrogens (tertiary/aromatic N) is 1. The molecule has 0 radical (unpaired) electrons. The number of ether oxygens (including phenoxy) is 1. The van der Waals surface area contributed by atoms with Gasteiger partial charge in [0.15, 0.2) is 0 Å². The molecule has 0 saturated heterocycles. The van der Waals surface area contributed by atoms with E-state index in [0.29, 0.717) is 10.6 Å². The Morgan fingerprint density at radius 2 is 1.84 bits per heavy atom. The highest BCUT2D eigenvalue weighted by Gasteiger charge is 2.43. The number of benzene rings is 2. The number of carbonyl (C=O) groups excluding carboxylic acids is 3. The summed E-state index contributed by atoms with van der Waals surface area (Å²) in [6.45, 7) is -0.673. The van der Waals surface area contributed by atoms with E-state index in [9.17, 15) is 27.6 Å². The third-order valence-electron chi connectivity index (χ3n) is 5.01. The van der Waals surface area contributed by atoms with Gasteiger partial charge in [-0.3, -0.25) is 9.69 Å². The van der Waals surface area contributed by atoms with E-state index in [1.165, 1.54) is 0 Å². The number of carbonyl (C=O) groups is 3. The Kier molecular flexibility index (Phi) is 5.55. The molecule has 0 fully saturated rings. The summed E-state index contributed by atoms with van der Waals surface area (Å²) in [5, 5.41) is 5.44. The third-order valence-corrected chi connectivity index (χ3v) is 5.36. The topological polar surface area (TPSA) is 87.7 Å². The number of hydrogen-bond donors (Lipinski definition) is 2. The van der Waals surface area contributed by atoms with Crippen molar-refractivity contribution < 1.29 is 32.3 Å². The van der Waals surface area contributed by atoms with Gasteiger partial charge in [0.2, 0.25) is 5.91 Å². The maximum atomic E-state index is 12.7. The molecule has 0 aliphatic carbocycles. The first kappa shape index (κ1) is 21.7. The van der Waals surface area contributed by atoms with E-state index in [-0.39, 0.29) is 23.6 Å². The Morgan fingerprint density at radius 3 is 2.50 bits per heavy atom. The van der Waals surface area contributed by atoms with Gasteiger partial charge in [0.25, 0.3) is 0 Å². The molecular weight excluding hydrogens is 451 g/mol. The van der Waals surface area contributed by atoms with Gasteiger partial charge in [-0.1, -0.05) is 29.8 Å². The van der Waals surface area contributed by atoms with Crippen LogP contribution in [0.15, 0.2) is 59.8 Å². The van der Waals surface area contributed by atoms with Crippen molar-refractivity contribution in [2.75, 3.05) is 18.5 Å². The standard InChI is InChI=1S/C21H15ClF3N3O4/c22-14-4-2-1-3-13(14)18-17-15(10-32-19(17)30)28(20(31)27-18)9-16(29)26-12-7-5-11(6-8-12)21(23,24)25/h1-8,18H,9-10H2,(H,26,29)(H,27,31). The number of nitrogens with one attached hydrogen (secondary N) is 2. The van der Waals surface area contributed by atoms with Crippen LogP contribution in [0, 0.1) is 0 Å². The highest BCUT2D eigenvalue weighted by atomic mass is 35.5. The number of anilines is 1. The second-order valence-corrected chi connectivity index (χ2v) is 7.46. The summed E-state index contributed by atoms with van der Waals surface area (Å²) in [7, 11) is 0. The molecule has 4 rings (SSSR count). The summed E-state index contributed by atoms with van der Waals surface area (Å²) in [4.78, 5) is 38.6. The van der Waals surface area contributed by atoms with E-state index >= 15 is 0 Å². The number of rotatable bonds is 4. The molecule has 0 spiro atoms. The van der Waals surface area contributed by atoms with Crippen molar-refractivity contribution in [3.63, 3.8) is 0 Å². The van der Waals surface area contributed by atoms with Crippen LogP contribution in [0.1, 0.15) is 17.2 Å². The lowest BCUT2D eigenvalue weighted by Crippen LogP contribution is -2.49. The third kappa shape index (κ3) is 4.13. The number of cyclic esters (lactones) is 1. The van der Waals surface area contributed by atoms with Crippen LogP contribution in [0.25, 0.3) is 0 Å². The first-order valence-corrected chi connectivity index (χ1v) is 9.72. The first-order chi connectivity index (χ1) is 15.1. The highest BCUT2D eigenvalue weighted by Crippen LogP contribution is 2.37. The van der Waals surface area contributed by atoms with Crippen LogP contribution in [-0.4, -0.2) is 36.0 Å². The molecule has 1 unspecified atom stereocenters. The molecule has 1 atom stereocenters. The molecule has 2 heterocycles. The minimum atomic E-state index is -4.50. The lowest BCUT2D eigenvalue weighted by atomic mass is 9.95. The van der Waals surface area contributed by atoms with Crippen molar-refractivity contribution in [1.29, 1.82) is 0 Å². The molecule has 0 saturated carbocycles. The predicted molar refractivity (Wildman–Crippen MR) is 107 cm³/mol. The zero-order valence-corrected chi connectivity index (χ0v) is 17.0. The number of alkyl halides is 3. The Bertz CT molecular complexity index is 1130.